The van der Waals surface area contributed by atoms with Crippen LogP contribution in [0.5, 0.6) is 0 Å². The predicted octanol–water partition coefficient (Wildman–Crippen LogP) is 10.7. The molecule has 0 aliphatic rings. The Morgan fingerprint density at radius 3 is 1.35 bits per heavy atom. The second-order valence-corrected chi connectivity index (χ2v) is 11.2. The first-order chi connectivity index (χ1) is 16.8. The molecule has 0 aromatic carbocycles. The van der Waals surface area contributed by atoms with Crippen LogP contribution >= 0.6 is 0 Å². The van der Waals surface area contributed by atoms with E-state index in [1.165, 1.54) is 161 Å². The first-order valence-corrected chi connectivity index (χ1v) is 15.8. The first kappa shape index (κ1) is 31.2. The Balaban J connectivity index is 1.92. The molecule has 0 fully saturated rings. The third-order valence-corrected chi connectivity index (χ3v) is 7.72. The van der Waals surface area contributed by atoms with Gasteiger partial charge in [-0.2, -0.15) is 0 Å². The Morgan fingerprint density at radius 1 is 0.529 bits per heavy atom. The van der Waals surface area contributed by atoms with Crippen LogP contribution in [0.4, 0.5) is 0 Å². The molecule has 1 heterocycles. The van der Waals surface area contributed by atoms with Crippen LogP contribution in [0.15, 0.2) is 18.7 Å². The van der Waals surface area contributed by atoms with Crippen molar-refractivity contribution in [3.63, 3.8) is 0 Å². The molecule has 0 N–H and O–H groups in total. The number of hydrogen-bond acceptors (Lipinski definition) is 0. The van der Waals surface area contributed by atoms with Gasteiger partial charge in [-0.3, -0.25) is 0 Å². The molecule has 0 saturated carbocycles. The summed E-state index contributed by atoms with van der Waals surface area (Å²) >= 11 is 0. The smallest absolute Gasteiger partial charge is 0.237 e. The summed E-state index contributed by atoms with van der Waals surface area (Å²) in [5.41, 5.74) is 0. The van der Waals surface area contributed by atoms with Crippen molar-refractivity contribution in [2.45, 2.75) is 187 Å². The highest BCUT2D eigenvalue weighted by Gasteiger charge is 2.11. The van der Waals surface area contributed by atoms with E-state index >= 15 is 0 Å². The molecule has 1 rings (SSSR count). The Hall–Kier alpha value is -0.790. The van der Waals surface area contributed by atoms with Gasteiger partial charge in [0.2, 0.25) is 6.33 Å². The monoisotopic (exact) mass is 475 g/mol. The minimum atomic E-state index is 0.641. The SMILES string of the molecule is CCCCCCCCCCCCCC[n+]1ccn(C(C)CCCCCCCCCCCCC)c1. The second kappa shape index (κ2) is 23.9. The molecular formula is C32H63N2+. The van der Waals surface area contributed by atoms with E-state index in [0.717, 1.165) is 0 Å². The average Bonchev–Trinajstić information content (AvgIpc) is 3.32. The molecule has 0 amide bonds. The van der Waals surface area contributed by atoms with Crippen LogP contribution in [0, 0.1) is 0 Å². The molecule has 0 saturated heterocycles. The maximum absolute atomic E-state index is 2.44. The highest BCUT2D eigenvalue weighted by Crippen LogP contribution is 2.17. The Morgan fingerprint density at radius 2 is 0.912 bits per heavy atom. The number of aromatic nitrogens is 2. The van der Waals surface area contributed by atoms with E-state index in [4.69, 9.17) is 0 Å². The number of imidazole rings is 1. The maximum atomic E-state index is 2.44. The molecule has 34 heavy (non-hydrogen) atoms. The normalized spacial score (nSPS) is 12.4. The Kier molecular flexibility index (Phi) is 22.0. The van der Waals surface area contributed by atoms with Gasteiger partial charge < -0.3 is 0 Å². The lowest BCUT2D eigenvalue weighted by Crippen LogP contribution is -2.31. The predicted molar refractivity (Wildman–Crippen MR) is 151 cm³/mol. The van der Waals surface area contributed by atoms with Gasteiger partial charge in [0.1, 0.15) is 12.4 Å². The zero-order chi connectivity index (χ0) is 24.5. The number of aryl methyl sites for hydroxylation is 1. The number of rotatable bonds is 26. The standard InChI is InChI=1S/C32H63N2/c1-4-6-8-10-12-14-16-18-20-22-24-26-28-33-29-30-34(31-33)32(3)27-25-23-21-19-17-15-13-11-9-7-5-2/h29-32H,4-28H2,1-3H3/q+1. The lowest BCUT2D eigenvalue weighted by atomic mass is 10.0. The van der Waals surface area contributed by atoms with Gasteiger partial charge in [-0.05, 0) is 32.6 Å². The third kappa shape index (κ3) is 18.5. The highest BCUT2D eigenvalue weighted by atomic mass is 15.1. The van der Waals surface area contributed by atoms with Gasteiger partial charge in [-0.25, -0.2) is 9.13 Å². The quantitative estimate of drug-likeness (QED) is 0.0930. The molecule has 2 heteroatoms. The lowest BCUT2D eigenvalue weighted by Gasteiger charge is -2.08. The van der Waals surface area contributed by atoms with Gasteiger partial charge in [-0.1, -0.05) is 142 Å². The number of unbranched alkanes of at least 4 members (excludes halogenated alkanes) is 21. The molecule has 0 aliphatic heterocycles. The first-order valence-electron chi connectivity index (χ1n) is 15.8. The van der Waals surface area contributed by atoms with Crippen LogP contribution in [-0.2, 0) is 6.54 Å². The molecule has 0 bridgehead atoms. The van der Waals surface area contributed by atoms with Crippen molar-refractivity contribution in [2.24, 2.45) is 0 Å². The van der Waals surface area contributed by atoms with Crippen molar-refractivity contribution in [3.8, 4) is 0 Å². The summed E-state index contributed by atoms with van der Waals surface area (Å²) in [7, 11) is 0. The Labute approximate surface area is 215 Å². The lowest BCUT2D eigenvalue weighted by molar-refractivity contribution is -0.697. The molecule has 1 unspecified atom stereocenters. The van der Waals surface area contributed by atoms with Crippen molar-refractivity contribution in [3.05, 3.63) is 18.7 Å². The molecule has 1 aromatic rings. The summed E-state index contributed by atoms with van der Waals surface area (Å²) < 4.78 is 4.85. The number of hydrogen-bond donors (Lipinski definition) is 0. The van der Waals surface area contributed by atoms with E-state index < -0.39 is 0 Å². The van der Waals surface area contributed by atoms with Crippen LogP contribution in [0.1, 0.15) is 181 Å². The zero-order valence-corrected chi connectivity index (χ0v) is 23.9. The van der Waals surface area contributed by atoms with Crippen molar-refractivity contribution in [2.75, 3.05) is 0 Å². The highest BCUT2D eigenvalue weighted by molar-refractivity contribution is 4.72. The summed E-state index contributed by atoms with van der Waals surface area (Å²) in [6.45, 7) is 8.19. The molecule has 200 valence electrons. The van der Waals surface area contributed by atoms with Crippen molar-refractivity contribution in [1.29, 1.82) is 0 Å². The zero-order valence-electron chi connectivity index (χ0n) is 23.9. The van der Waals surface area contributed by atoms with Crippen molar-refractivity contribution < 1.29 is 4.57 Å². The molecule has 1 aromatic heterocycles. The van der Waals surface area contributed by atoms with Crippen molar-refractivity contribution >= 4 is 0 Å². The Bertz CT molecular complexity index is 521. The third-order valence-electron chi connectivity index (χ3n) is 7.72. The fraction of sp³-hybridized carbons (Fsp3) is 0.906. The van der Waals surface area contributed by atoms with Crippen LogP contribution < -0.4 is 4.57 Å². The van der Waals surface area contributed by atoms with Crippen LogP contribution in [-0.4, -0.2) is 4.57 Å². The summed E-state index contributed by atoms with van der Waals surface area (Å²) in [5, 5.41) is 0. The van der Waals surface area contributed by atoms with Gasteiger partial charge in [0.05, 0.1) is 12.6 Å². The van der Waals surface area contributed by atoms with Crippen LogP contribution in [0.3, 0.4) is 0 Å². The van der Waals surface area contributed by atoms with Gasteiger partial charge >= 0.3 is 0 Å². The van der Waals surface area contributed by atoms with E-state index in [-0.39, 0.29) is 0 Å². The molecule has 0 aliphatic carbocycles. The minimum Gasteiger partial charge on any atom is -0.237 e. The van der Waals surface area contributed by atoms with Crippen LogP contribution in [0.2, 0.25) is 0 Å². The summed E-state index contributed by atoms with van der Waals surface area (Å²) in [5.74, 6) is 0. The van der Waals surface area contributed by atoms with E-state index in [1.807, 2.05) is 0 Å². The minimum absolute atomic E-state index is 0.641. The number of nitrogens with zero attached hydrogens (tertiary/aromatic N) is 2. The summed E-state index contributed by atoms with van der Waals surface area (Å²) in [6.07, 6.45) is 41.2. The maximum Gasteiger partial charge on any atom is 0.243 e. The average molecular weight is 476 g/mol. The largest absolute Gasteiger partial charge is 0.243 e. The molecular weight excluding hydrogens is 412 g/mol. The van der Waals surface area contributed by atoms with Gasteiger partial charge in [-0.15, -0.1) is 0 Å². The summed E-state index contributed by atoms with van der Waals surface area (Å²) in [6, 6.07) is 0.641. The fourth-order valence-electron chi connectivity index (χ4n) is 5.19. The van der Waals surface area contributed by atoms with E-state index in [2.05, 4.69) is 48.6 Å². The topological polar surface area (TPSA) is 8.81 Å². The van der Waals surface area contributed by atoms with Gasteiger partial charge in [0.15, 0.2) is 0 Å². The van der Waals surface area contributed by atoms with Gasteiger partial charge in [0, 0.05) is 0 Å². The molecule has 0 radical (unpaired) electrons. The van der Waals surface area contributed by atoms with E-state index in [1.54, 1.807) is 0 Å². The van der Waals surface area contributed by atoms with E-state index in [9.17, 15) is 0 Å². The van der Waals surface area contributed by atoms with E-state index in [0.29, 0.717) is 6.04 Å². The molecule has 1 atom stereocenters. The molecule has 0 spiro atoms. The second-order valence-electron chi connectivity index (χ2n) is 11.2. The van der Waals surface area contributed by atoms with Gasteiger partial charge in [0.25, 0.3) is 0 Å². The summed E-state index contributed by atoms with van der Waals surface area (Å²) in [4.78, 5) is 0. The fourth-order valence-corrected chi connectivity index (χ4v) is 5.19. The van der Waals surface area contributed by atoms with Crippen LogP contribution in [0.25, 0.3) is 0 Å². The molecule has 2 nitrogen and oxygen atoms in total. The van der Waals surface area contributed by atoms with Crippen molar-refractivity contribution in [1.82, 2.24) is 4.57 Å².